The Kier molecular flexibility index (Phi) is 3.67. The van der Waals surface area contributed by atoms with Crippen LogP contribution in [0.15, 0.2) is 24.3 Å². The van der Waals surface area contributed by atoms with E-state index in [0.717, 1.165) is 5.75 Å². The van der Waals surface area contributed by atoms with E-state index in [1.54, 1.807) is 24.3 Å². The fourth-order valence-electron chi connectivity index (χ4n) is 0.958. The lowest BCUT2D eigenvalue weighted by Gasteiger charge is -2.04. The van der Waals surface area contributed by atoms with Crippen molar-refractivity contribution in [1.29, 1.82) is 0 Å². The van der Waals surface area contributed by atoms with Crippen molar-refractivity contribution in [3.63, 3.8) is 0 Å². The Morgan fingerprint density at radius 2 is 2.07 bits per heavy atom. The second-order valence-electron chi connectivity index (χ2n) is 2.51. The van der Waals surface area contributed by atoms with Gasteiger partial charge in [0.05, 0.1) is 6.61 Å². The lowest BCUT2D eigenvalue weighted by molar-refractivity contribution is -0.110. The summed E-state index contributed by atoms with van der Waals surface area (Å²) < 4.78 is 5.20. The van der Waals surface area contributed by atoms with Crippen LogP contribution in [0.2, 0.25) is 0 Å². The minimum absolute atomic E-state index is 0.543. The number of anilines is 1. The summed E-state index contributed by atoms with van der Waals surface area (Å²) in [5, 5.41) is 2.34. The third-order valence-corrected chi connectivity index (χ3v) is 1.52. The molecule has 1 amide bonds. The summed E-state index contributed by atoms with van der Waals surface area (Å²) in [6.07, 6.45) is 1.22. The minimum Gasteiger partial charge on any atom is -0.494 e. The third-order valence-electron chi connectivity index (χ3n) is 1.52. The Hall–Kier alpha value is -1.84. The Balaban J connectivity index is 2.63. The SMILES string of the molecule is CCOc1ccc(NC(=O)[C]=O)cc1. The molecule has 0 unspecified atom stereocenters. The molecule has 1 radical (unpaired) electrons. The van der Waals surface area contributed by atoms with Crippen LogP contribution in [0.5, 0.6) is 5.75 Å². The van der Waals surface area contributed by atoms with E-state index >= 15 is 0 Å². The number of nitrogens with one attached hydrogen (secondary N) is 1. The molecule has 0 spiro atoms. The molecular formula is C10H10NO3. The van der Waals surface area contributed by atoms with Gasteiger partial charge in [0, 0.05) is 5.69 Å². The van der Waals surface area contributed by atoms with Gasteiger partial charge in [0.25, 0.3) is 6.29 Å². The van der Waals surface area contributed by atoms with Gasteiger partial charge in [-0.15, -0.1) is 0 Å². The van der Waals surface area contributed by atoms with Gasteiger partial charge in [-0.05, 0) is 31.2 Å². The summed E-state index contributed by atoms with van der Waals surface area (Å²) in [5.74, 6) is -0.0604. The number of benzene rings is 1. The highest BCUT2D eigenvalue weighted by atomic mass is 16.5. The first kappa shape index (κ1) is 10.2. The van der Waals surface area contributed by atoms with Crippen LogP contribution in [0.3, 0.4) is 0 Å². The molecule has 1 N–H and O–H groups in total. The number of hydrogen-bond donors (Lipinski definition) is 1. The van der Waals surface area contributed by atoms with E-state index in [2.05, 4.69) is 5.32 Å². The van der Waals surface area contributed by atoms with Crippen LogP contribution in [0.4, 0.5) is 5.69 Å². The lowest BCUT2D eigenvalue weighted by Crippen LogP contribution is -2.11. The van der Waals surface area contributed by atoms with Gasteiger partial charge < -0.3 is 10.1 Å². The summed E-state index contributed by atoms with van der Waals surface area (Å²) >= 11 is 0. The maximum atomic E-state index is 10.6. The number of ether oxygens (including phenoxy) is 1. The van der Waals surface area contributed by atoms with E-state index in [1.807, 2.05) is 6.92 Å². The molecule has 0 atom stereocenters. The third kappa shape index (κ3) is 2.90. The topological polar surface area (TPSA) is 55.4 Å². The summed E-state index contributed by atoms with van der Waals surface area (Å²) in [6, 6.07) is 6.73. The molecule has 0 fully saturated rings. The molecule has 1 aromatic carbocycles. The van der Waals surface area contributed by atoms with Crippen LogP contribution in [0.25, 0.3) is 0 Å². The Morgan fingerprint density at radius 1 is 1.43 bits per heavy atom. The smallest absolute Gasteiger partial charge is 0.300 e. The van der Waals surface area contributed by atoms with Crippen molar-refractivity contribution in [3.8, 4) is 5.75 Å². The quantitative estimate of drug-likeness (QED) is 0.727. The molecule has 1 rings (SSSR count). The highest BCUT2D eigenvalue weighted by Crippen LogP contribution is 2.15. The van der Waals surface area contributed by atoms with Crippen molar-refractivity contribution in [2.45, 2.75) is 6.92 Å². The molecule has 0 aliphatic heterocycles. The molecule has 14 heavy (non-hydrogen) atoms. The predicted molar refractivity (Wildman–Crippen MR) is 51.9 cm³/mol. The monoisotopic (exact) mass is 192 g/mol. The van der Waals surface area contributed by atoms with E-state index in [1.165, 1.54) is 6.29 Å². The molecule has 73 valence electrons. The summed E-state index contributed by atoms with van der Waals surface area (Å²) in [6.45, 7) is 2.48. The second kappa shape index (κ2) is 5.01. The average Bonchev–Trinajstić information content (AvgIpc) is 2.21. The molecule has 0 aliphatic carbocycles. The van der Waals surface area contributed by atoms with Gasteiger partial charge in [-0.25, -0.2) is 0 Å². The molecule has 0 saturated carbocycles. The molecule has 0 bridgehead atoms. The molecule has 0 saturated heterocycles. The molecule has 4 nitrogen and oxygen atoms in total. The van der Waals surface area contributed by atoms with Crippen LogP contribution < -0.4 is 10.1 Å². The maximum Gasteiger partial charge on any atom is 0.300 e. The van der Waals surface area contributed by atoms with Crippen molar-refractivity contribution in [1.82, 2.24) is 0 Å². The molecule has 4 heteroatoms. The number of hydrogen-bond acceptors (Lipinski definition) is 3. The van der Waals surface area contributed by atoms with Crippen LogP contribution in [0, 0.1) is 0 Å². The largest absolute Gasteiger partial charge is 0.494 e. The number of carbonyl (C=O) groups excluding carboxylic acids is 2. The highest BCUT2D eigenvalue weighted by molar-refractivity contribution is 6.29. The molecule has 0 aromatic heterocycles. The lowest BCUT2D eigenvalue weighted by atomic mass is 10.3. The average molecular weight is 192 g/mol. The van der Waals surface area contributed by atoms with E-state index in [0.29, 0.717) is 12.3 Å². The maximum absolute atomic E-state index is 10.6. The molecular weight excluding hydrogens is 182 g/mol. The van der Waals surface area contributed by atoms with Crippen LogP contribution in [0.1, 0.15) is 6.92 Å². The van der Waals surface area contributed by atoms with Gasteiger partial charge in [-0.3, -0.25) is 9.59 Å². The fraction of sp³-hybridized carbons (Fsp3) is 0.200. The zero-order valence-corrected chi connectivity index (χ0v) is 7.74. The zero-order valence-electron chi connectivity index (χ0n) is 7.74. The van der Waals surface area contributed by atoms with Gasteiger partial charge in [-0.2, -0.15) is 0 Å². The fourth-order valence-corrected chi connectivity index (χ4v) is 0.958. The summed E-state index contributed by atoms with van der Waals surface area (Å²) in [4.78, 5) is 20.5. The summed E-state index contributed by atoms with van der Waals surface area (Å²) in [5.41, 5.74) is 0.543. The number of carbonyl (C=O) groups is 1. The second-order valence-corrected chi connectivity index (χ2v) is 2.51. The first-order valence-electron chi connectivity index (χ1n) is 4.18. The Bertz CT molecular complexity index is 319. The standard InChI is InChI=1S/C10H10NO3/c1-2-14-9-5-3-8(4-6-9)11-10(13)7-12/h3-6H,2H2,1H3,(H,11,13). The Morgan fingerprint density at radius 3 is 2.57 bits per heavy atom. The van der Waals surface area contributed by atoms with Gasteiger partial charge in [-0.1, -0.05) is 0 Å². The Labute approximate surface area is 81.9 Å². The van der Waals surface area contributed by atoms with E-state index in [9.17, 15) is 9.59 Å². The van der Waals surface area contributed by atoms with Gasteiger partial charge in [0.2, 0.25) is 0 Å². The first-order chi connectivity index (χ1) is 6.76. The van der Waals surface area contributed by atoms with Gasteiger partial charge in [0.1, 0.15) is 5.75 Å². The minimum atomic E-state index is -0.783. The highest BCUT2D eigenvalue weighted by Gasteiger charge is 2.00. The van der Waals surface area contributed by atoms with Crippen molar-refractivity contribution < 1.29 is 14.3 Å². The summed E-state index contributed by atoms with van der Waals surface area (Å²) in [7, 11) is 0. The van der Waals surface area contributed by atoms with Crippen LogP contribution in [-0.4, -0.2) is 18.8 Å². The van der Waals surface area contributed by atoms with Crippen LogP contribution >= 0.6 is 0 Å². The number of rotatable bonds is 4. The predicted octanol–water partition coefficient (Wildman–Crippen LogP) is 1.13. The van der Waals surface area contributed by atoms with Crippen molar-refractivity contribution >= 4 is 17.9 Å². The van der Waals surface area contributed by atoms with Gasteiger partial charge in [0.15, 0.2) is 0 Å². The molecule has 0 aliphatic rings. The van der Waals surface area contributed by atoms with Crippen molar-refractivity contribution in [2.24, 2.45) is 0 Å². The normalized spacial score (nSPS) is 9.21. The van der Waals surface area contributed by atoms with E-state index < -0.39 is 5.91 Å². The van der Waals surface area contributed by atoms with E-state index in [4.69, 9.17) is 4.74 Å². The molecule has 0 heterocycles. The molecule has 1 aromatic rings. The zero-order chi connectivity index (χ0) is 10.4. The van der Waals surface area contributed by atoms with Crippen LogP contribution in [-0.2, 0) is 9.59 Å². The van der Waals surface area contributed by atoms with Crippen molar-refractivity contribution in [2.75, 3.05) is 11.9 Å². The van der Waals surface area contributed by atoms with Crippen molar-refractivity contribution in [3.05, 3.63) is 24.3 Å². The number of amides is 1. The van der Waals surface area contributed by atoms with E-state index in [-0.39, 0.29) is 0 Å². The first-order valence-corrected chi connectivity index (χ1v) is 4.18. The van der Waals surface area contributed by atoms with Gasteiger partial charge >= 0.3 is 5.91 Å².